The molecule has 0 bridgehead atoms. The normalized spacial score (nSPS) is 6.28. The summed E-state index contributed by atoms with van der Waals surface area (Å²) in [6, 6.07) is 43.4. The molecular weight excluding hydrogens is 649 g/mol. The third kappa shape index (κ3) is 104. The van der Waals surface area contributed by atoms with Gasteiger partial charge in [-0.15, -0.1) is 0 Å². The van der Waals surface area contributed by atoms with E-state index in [1.165, 1.54) is 16.7 Å². The maximum atomic E-state index is 2.16. The highest BCUT2D eigenvalue weighted by Crippen LogP contribution is 1.98. The van der Waals surface area contributed by atoms with Crippen LogP contribution in [-0.2, 0) is 19.3 Å². The summed E-state index contributed by atoms with van der Waals surface area (Å²) in [5, 5.41) is 0. The van der Waals surface area contributed by atoms with Crippen LogP contribution < -0.4 is 0 Å². The van der Waals surface area contributed by atoms with E-state index in [-0.39, 0.29) is 0 Å². The van der Waals surface area contributed by atoms with Crippen molar-refractivity contribution in [1.29, 1.82) is 0 Å². The lowest BCUT2D eigenvalue weighted by atomic mass is 10.2. The summed E-state index contributed by atoms with van der Waals surface area (Å²) in [7, 11) is 0. The second-order valence-electron chi connectivity index (χ2n) is 6.67. The van der Waals surface area contributed by atoms with Crippen LogP contribution in [0.5, 0.6) is 0 Å². The number of hydrogen-bond donors (Lipinski definition) is 0. The summed E-state index contributed by atoms with van der Waals surface area (Å²) in [5.41, 5.74) is 4.23. The fourth-order valence-corrected chi connectivity index (χ4v) is 2.53. The molecule has 0 spiro atoms. The first-order valence-corrected chi connectivity index (χ1v) is 22.9. The lowest BCUT2D eigenvalue weighted by Gasteiger charge is -1.89. The summed E-state index contributed by atoms with van der Waals surface area (Å²) >= 11 is 0. The highest BCUT2D eigenvalue weighted by molar-refractivity contribution is 5.15. The first-order chi connectivity index (χ1) is 26.8. The van der Waals surface area contributed by atoms with Crippen LogP contribution in [0.3, 0.4) is 0 Å². The van der Waals surface area contributed by atoms with Crippen LogP contribution in [0, 0.1) is 0 Å². The number of aryl methyl sites for hydroxylation is 3. The molecule has 54 heavy (non-hydrogen) atoms. The first kappa shape index (κ1) is 83.7. The Balaban J connectivity index is -0.0000000369. The molecule has 0 N–H and O–H groups in total. The average Bonchev–Trinajstić information content (AvgIpc) is 3.36. The lowest BCUT2D eigenvalue weighted by Crippen LogP contribution is -1.73. The van der Waals surface area contributed by atoms with Crippen molar-refractivity contribution in [3.8, 4) is 0 Å². The minimum absolute atomic E-state index is 1.14. The minimum atomic E-state index is 1.14. The van der Waals surface area contributed by atoms with Crippen LogP contribution in [0.2, 0.25) is 0 Å². The Hall–Kier alpha value is -3.12. The van der Waals surface area contributed by atoms with Gasteiger partial charge in [-0.2, -0.15) is 0 Å². The zero-order valence-corrected chi connectivity index (χ0v) is 42.7. The van der Waals surface area contributed by atoms with Crippen molar-refractivity contribution in [3.05, 3.63) is 144 Å². The van der Waals surface area contributed by atoms with Gasteiger partial charge in [0.1, 0.15) is 0 Å². The van der Waals surface area contributed by atoms with Crippen molar-refractivity contribution < 1.29 is 0 Å². The van der Waals surface area contributed by atoms with Crippen molar-refractivity contribution in [2.75, 3.05) is 0 Å². The Morgan fingerprint density at radius 3 is 0.352 bits per heavy atom. The molecule has 0 aromatic heterocycles. The highest BCUT2D eigenvalue weighted by Gasteiger charge is 1.81. The monoisotopic (exact) mass is 757 g/mol. The Morgan fingerprint density at radius 2 is 0.278 bits per heavy atom. The molecule has 0 unspecified atom stereocenters. The summed E-state index contributed by atoms with van der Waals surface area (Å²) < 4.78 is 0. The van der Waals surface area contributed by atoms with Gasteiger partial charge in [0.05, 0.1) is 0 Å². The second kappa shape index (κ2) is 133. The second-order valence-corrected chi connectivity index (χ2v) is 6.67. The van der Waals surface area contributed by atoms with Crippen LogP contribution in [0.25, 0.3) is 0 Å². The molecule has 0 fully saturated rings. The fourth-order valence-electron chi connectivity index (χ4n) is 2.53. The van der Waals surface area contributed by atoms with Crippen LogP contribution in [0.15, 0.2) is 127 Å². The maximum Gasteiger partial charge on any atom is -0.0307 e. The topological polar surface area (TPSA) is 0 Å². The van der Waals surface area contributed by atoms with E-state index in [4.69, 9.17) is 0 Å². The van der Waals surface area contributed by atoms with Gasteiger partial charge in [0, 0.05) is 0 Å². The van der Waals surface area contributed by atoms with Crippen LogP contribution in [0.1, 0.15) is 204 Å². The molecule has 4 rings (SSSR count). The van der Waals surface area contributed by atoms with E-state index in [0.717, 1.165) is 19.3 Å². The van der Waals surface area contributed by atoms with Gasteiger partial charge < -0.3 is 0 Å². The molecule has 0 heteroatoms. The van der Waals surface area contributed by atoms with E-state index in [0.29, 0.717) is 0 Å². The van der Waals surface area contributed by atoms with Crippen molar-refractivity contribution >= 4 is 0 Å². The van der Waals surface area contributed by atoms with Gasteiger partial charge in [-0.1, -0.05) is 314 Å². The average molecular weight is 757 g/mol. The third-order valence-electron chi connectivity index (χ3n) is 4.42. The fraction of sp³-hybridized carbons (Fsp3) is 0.556. The van der Waals surface area contributed by atoms with E-state index in [9.17, 15) is 0 Å². The molecule has 0 nitrogen and oxygen atoms in total. The van der Waals surface area contributed by atoms with E-state index >= 15 is 0 Å². The minimum Gasteiger partial charge on any atom is -0.0683 e. The van der Waals surface area contributed by atoms with Crippen LogP contribution in [0.4, 0.5) is 0 Å². The van der Waals surface area contributed by atoms with Crippen molar-refractivity contribution in [2.24, 2.45) is 0 Å². The van der Waals surface area contributed by atoms with Gasteiger partial charge in [0.2, 0.25) is 0 Å². The molecule has 0 radical (unpaired) electrons. The molecule has 0 atom stereocenters. The van der Waals surface area contributed by atoms with Crippen molar-refractivity contribution in [3.63, 3.8) is 0 Å². The number of hydrogen-bond acceptors (Lipinski definition) is 0. The van der Waals surface area contributed by atoms with Crippen molar-refractivity contribution in [1.82, 2.24) is 0 Å². The molecule has 0 saturated heterocycles. The smallest absolute Gasteiger partial charge is 0.0307 e. The quantitative estimate of drug-likeness (QED) is 0.195. The standard InChI is InChI=1S/3C8H10.C6H6.12C2H6/c3*1-2-8-6-4-3-5-7-8;1-2-4-6-5-3-1;12*1-2/h3*3-7H,2H2,1H3;1-6H;12*1-2H3. The van der Waals surface area contributed by atoms with Gasteiger partial charge >= 0.3 is 0 Å². The Morgan fingerprint density at radius 1 is 0.185 bits per heavy atom. The van der Waals surface area contributed by atoms with E-state index < -0.39 is 0 Å². The number of benzene rings is 4. The molecular formula is C54H108. The molecule has 0 aliphatic rings. The molecule has 0 aliphatic heterocycles. The third-order valence-corrected chi connectivity index (χ3v) is 4.42. The Labute approximate surface area is 349 Å². The molecule has 0 saturated carbocycles. The molecule has 4 aromatic carbocycles. The SMILES string of the molecule is CC.CC.CC.CC.CC.CC.CC.CC.CC.CC.CC.CC.CCc1ccccc1.CCc1ccccc1.CCc1ccccc1.c1ccccc1. The largest absolute Gasteiger partial charge is 0.0683 e. The zero-order valence-electron chi connectivity index (χ0n) is 42.7. The van der Waals surface area contributed by atoms with E-state index in [2.05, 4.69) is 93.6 Å². The highest BCUT2D eigenvalue weighted by atomic mass is 13.9. The Kier molecular flexibility index (Phi) is 207. The van der Waals surface area contributed by atoms with Gasteiger partial charge in [-0.25, -0.2) is 0 Å². The predicted molar refractivity (Wildman–Crippen MR) is 270 cm³/mol. The maximum absolute atomic E-state index is 2.16. The zero-order chi connectivity index (χ0) is 45.7. The van der Waals surface area contributed by atoms with Crippen molar-refractivity contribution in [2.45, 2.75) is 206 Å². The number of rotatable bonds is 3. The van der Waals surface area contributed by atoms with E-state index in [1.807, 2.05) is 221 Å². The van der Waals surface area contributed by atoms with Crippen LogP contribution >= 0.6 is 0 Å². The molecule has 0 aliphatic carbocycles. The van der Waals surface area contributed by atoms with Crippen LogP contribution in [-0.4, -0.2) is 0 Å². The predicted octanol–water partition coefficient (Wildman–Crippen LogP) is 20.7. The van der Waals surface area contributed by atoms with Gasteiger partial charge in [-0.3, -0.25) is 0 Å². The molecule has 0 heterocycles. The van der Waals surface area contributed by atoms with Gasteiger partial charge in [0.25, 0.3) is 0 Å². The van der Waals surface area contributed by atoms with Gasteiger partial charge in [-0.05, 0) is 36.0 Å². The molecule has 324 valence electrons. The lowest BCUT2D eigenvalue weighted by molar-refractivity contribution is 1.14. The van der Waals surface area contributed by atoms with Gasteiger partial charge in [0.15, 0.2) is 0 Å². The summed E-state index contributed by atoms with van der Waals surface area (Å²) in [4.78, 5) is 0. The molecule has 0 amide bonds. The Bertz CT molecular complexity index is 701. The summed E-state index contributed by atoms with van der Waals surface area (Å²) in [6.45, 7) is 54.5. The first-order valence-electron chi connectivity index (χ1n) is 22.9. The summed E-state index contributed by atoms with van der Waals surface area (Å²) in [6.07, 6.45) is 3.42. The van der Waals surface area contributed by atoms with E-state index in [1.54, 1.807) is 0 Å². The molecule has 4 aromatic rings. The summed E-state index contributed by atoms with van der Waals surface area (Å²) in [5.74, 6) is 0.